The van der Waals surface area contributed by atoms with Crippen LogP contribution in [0.3, 0.4) is 0 Å². The van der Waals surface area contributed by atoms with Gasteiger partial charge in [-0.05, 0) is 44.1 Å². The number of nitrogens with zero attached hydrogens (tertiary/aromatic N) is 1. The van der Waals surface area contributed by atoms with Crippen LogP contribution in [0.25, 0.3) is 0 Å². The molecule has 1 aromatic rings. The van der Waals surface area contributed by atoms with Crippen LogP contribution in [0.2, 0.25) is 0 Å². The monoisotopic (exact) mass is 284 g/mol. The molecule has 0 amide bonds. The molecule has 1 aliphatic rings. The van der Waals surface area contributed by atoms with E-state index in [2.05, 4.69) is 9.69 Å². The van der Waals surface area contributed by atoms with Crippen molar-refractivity contribution >= 4 is 22.5 Å². The van der Waals surface area contributed by atoms with Gasteiger partial charge in [-0.1, -0.05) is 0 Å². The summed E-state index contributed by atoms with van der Waals surface area (Å²) < 4.78 is 14.6. The lowest BCUT2D eigenvalue weighted by molar-refractivity contribution is 0.0527. The quantitative estimate of drug-likeness (QED) is 0.813. The molecular weight excluding hydrogens is 264 g/mol. The Bertz CT molecular complexity index is 428. The minimum absolute atomic E-state index is 0.291. The molecule has 2 heterocycles. The topological polar surface area (TPSA) is 60.5 Å². The van der Waals surface area contributed by atoms with E-state index in [0.717, 1.165) is 43.3 Å². The van der Waals surface area contributed by atoms with Crippen LogP contribution in [0.1, 0.15) is 35.8 Å². The molecule has 2 rings (SSSR count). The van der Waals surface area contributed by atoms with E-state index in [9.17, 15) is 4.79 Å². The van der Waals surface area contributed by atoms with Crippen LogP contribution in [-0.4, -0.2) is 36.7 Å². The third-order valence-corrected chi connectivity index (χ3v) is 4.10. The summed E-state index contributed by atoms with van der Waals surface area (Å²) in [5.74, 6) is 0.341. The normalized spacial score (nSPS) is 18.5. The van der Waals surface area contributed by atoms with Crippen molar-refractivity contribution in [3.05, 3.63) is 11.3 Å². The number of ether oxygens (including phenoxy) is 2. The van der Waals surface area contributed by atoms with E-state index >= 15 is 0 Å². The molecular formula is C13H20N2O3S. The molecule has 0 radical (unpaired) electrons. The first-order valence-electron chi connectivity index (χ1n) is 6.67. The average Bonchev–Trinajstić information content (AvgIpc) is 3.00. The second-order valence-electron chi connectivity index (χ2n) is 4.64. The van der Waals surface area contributed by atoms with Crippen molar-refractivity contribution in [3.63, 3.8) is 0 Å². The first-order chi connectivity index (χ1) is 9.22. The SMILES string of the molecule is CCOC(=O)c1c(C)nsc1NCCC1CCOC1. The van der Waals surface area contributed by atoms with E-state index in [1.54, 1.807) is 6.92 Å². The number of carbonyl (C=O) groups is 1. The molecule has 5 nitrogen and oxygen atoms in total. The van der Waals surface area contributed by atoms with Gasteiger partial charge in [0.2, 0.25) is 0 Å². The highest BCUT2D eigenvalue weighted by Crippen LogP contribution is 2.26. The fraction of sp³-hybridized carbons (Fsp3) is 0.692. The van der Waals surface area contributed by atoms with Crippen LogP contribution in [0.5, 0.6) is 0 Å². The largest absolute Gasteiger partial charge is 0.462 e. The molecule has 106 valence electrons. The van der Waals surface area contributed by atoms with Crippen LogP contribution < -0.4 is 5.32 Å². The lowest BCUT2D eigenvalue weighted by Gasteiger charge is -2.09. The third-order valence-electron chi connectivity index (χ3n) is 3.20. The summed E-state index contributed by atoms with van der Waals surface area (Å²) >= 11 is 1.32. The van der Waals surface area contributed by atoms with Gasteiger partial charge in [0.15, 0.2) is 0 Å². The summed E-state index contributed by atoms with van der Waals surface area (Å²) in [5, 5.41) is 4.11. The zero-order valence-corrected chi connectivity index (χ0v) is 12.2. The van der Waals surface area contributed by atoms with Crippen molar-refractivity contribution in [2.45, 2.75) is 26.7 Å². The number of hydrogen-bond donors (Lipinski definition) is 1. The lowest BCUT2D eigenvalue weighted by Crippen LogP contribution is -2.12. The average molecular weight is 284 g/mol. The van der Waals surface area contributed by atoms with Crippen molar-refractivity contribution < 1.29 is 14.3 Å². The Labute approximate surface area is 117 Å². The fourth-order valence-electron chi connectivity index (χ4n) is 2.13. The Morgan fingerprint density at radius 1 is 1.63 bits per heavy atom. The second kappa shape index (κ2) is 6.86. The highest BCUT2D eigenvalue weighted by molar-refractivity contribution is 7.10. The van der Waals surface area contributed by atoms with Gasteiger partial charge >= 0.3 is 5.97 Å². The maximum Gasteiger partial charge on any atom is 0.343 e. The highest BCUT2D eigenvalue weighted by Gasteiger charge is 2.20. The minimum atomic E-state index is -0.291. The van der Waals surface area contributed by atoms with Gasteiger partial charge in [0, 0.05) is 19.8 Å². The number of esters is 1. The maximum absolute atomic E-state index is 11.9. The van der Waals surface area contributed by atoms with Crippen molar-refractivity contribution in [1.29, 1.82) is 0 Å². The van der Waals surface area contributed by atoms with E-state index in [1.807, 2.05) is 6.92 Å². The Kier molecular flexibility index (Phi) is 5.15. The van der Waals surface area contributed by atoms with Crippen LogP contribution in [0.15, 0.2) is 0 Å². The number of aryl methyl sites for hydroxylation is 1. The molecule has 6 heteroatoms. The van der Waals surface area contributed by atoms with Gasteiger partial charge in [-0.25, -0.2) is 4.79 Å². The Balaban J connectivity index is 1.90. The number of rotatable bonds is 6. The fourth-order valence-corrected chi connectivity index (χ4v) is 2.94. The predicted molar refractivity (Wildman–Crippen MR) is 74.8 cm³/mol. The standard InChI is InChI=1S/C13H20N2O3S/c1-3-18-13(16)11-9(2)15-19-12(11)14-6-4-10-5-7-17-8-10/h10,14H,3-8H2,1-2H3. The van der Waals surface area contributed by atoms with Crippen LogP contribution in [0.4, 0.5) is 5.00 Å². The van der Waals surface area contributed by atoms with Gasteiger partial charge in [-0.15, -0.1) is 0 Å². The molecule has 1 unspecified atom stereocenters. The minimum Gasteiger partial charge on any atom is -0.462 e. The van der Waals surface area contributed by atoms with Crippen LogP contribution in [0, 0.1) is 12.8 Å². The first-order valence-corrected chi connectivity index (χ1v) is 7.44. The van der Waals surface area contributed by atoms with Gasteiger partial charge in [0.1, 0.15) is 10.6 Å². The molecule has 1 N–H and O–H groups in total. The Morgan fingerprint density at radius 3 is 3.16 bits per heavy atom. The summed E-state index contributed by atoms with van der Waals surface area (Å²) in [6.45, 7) is 6.58. The van der Waals surface area contributed by atoms with Gasteiger partial charge < -0.3 is 14.8 Å². The molecule has 1 atom stereocenters. The second-order valence-corrected chi connectivity index (χ2v) is 5.41. The Hall–Kier alpha value is -1.14. The van der Waals surface area contributed by atoms with Crippen molar-refractivity contribution in [1.82, 2.24) is 4.37 Å². The van der Waals surface area contributed by atoms with Crippen molar-refractivity contribution in [2.75, 3.05) is 31.7 Å². The molecule has 1 aliphatic heterocycles. The summed E-state index contributed by atoms with van der Waals surface area (Å²) in [5.41, 5.74) is 1.31. The molecule has 0 bridgehead atoms. The molecule has 0 aromatic carbocycles. The van der Waals surface area contributed by atoms with Gasteiger partial charge in [0.25, 0.3) is 0 Å². The van der Waals surface area contributed by atoms with Crippen molar-refractivity contribution in [2.24, 2.45) is 5.92 Å². The van der Waals surface area contributed by atoms with Gasteiger partial charge in [-0.3, -0.25) is 0 Å². The molecule has 0 saturated carbocycles. The number of carbonyl (C=O) groups excluding carboxylic acids is 1. The van der Waals surface area contributed by atoms with Crippen LogP contribution >= 0.6 is 11.5 Å². The predicted octanol–water partition coefficient (Wildman–Crippen LogP) is 2.47. The number of aromatic nitrogens is 1. The molecule has 0 spiro atoms. The number of nitrogens with one attached hydrogen (secondary N) is 1. The van der Waals surface area contributed by atoms with E-state index < -0.39 is 0 Å². The first kappa shape index (κ1) is 14.3. The van der Waals surface area contributed by atoms with E-state index in [4.69, 9.17) is 9.47 Å². The number of anilines is 1. The van der Waals surface area contributed by atoms with E-state index in [-0.39, 0.29) is 5.97 Å². The maximum atomic E-state index is 11.9. The van der Waals surface area contributed by atoms with E-state index in [0.29, 0.717) is 18.1 Å². The van der Waals surface area contributed by atoms with Gasteiger partial charge in [-0.2, -0.15) is 4.37 Å². The smallest absolute Gasteiger partial charge is 0.343 e. The zero-order valence-electron chi connectivity index (χ0n) is 11.4. The van der Waals surface area contributed by atoms with E-state index in [1.165, 1.54) is 11.5 Å². The highest BCUT2D eigenvalue weighted by atomic mass is 32.1. The summed E-state index contributed by atoms with van der Waals surface area (Å²) in [6.07, 6.45) is 2.19. The van der Waals surface area contributed by atoms with Gasteiger partial charge in [0.05, 0.1) is 12.3 Å². The lowest BCUT2D eigenvalue weighted by atomic mass is 10.1. The summed E-state index contributed by atoms with van der Waals surface area (Å²) in [4.78, 5) is 11.9. The number of hydrogen-bond acceptors (Lipinski definition) is 6. The molecule has 1 saturated heterocycles. The zero-order chi connectivity index (χ0) is 13.7. The molecule has 0 aliphatic carbocycles. The molecule has 1 aromatic heterocycles. The third kappa shape index (κ3) is 3.67. The van der Waals surface area contributed by atoms with Crippen molar-refractivity contribution in [3.8, 4) is 0 Å². The Morgan fingerprint density at radius 2 is 2.47 bits per heavy atom. The summed E-state index contributed by atoms with van der Waals surface area (Å²) in [6, 6.07) is 0. The molecule has 19 heavy (non-hydrogen) atoms. The van der Waals surface area contributed by atoms with Crippen LogP contribution in [-0.2, 0) is 9.47 Å². The molecule has 1 fully saturated rings. The summed E-state index contributed by atoms with van der Waals surface area (Å²) in [7, 11) is 0.